The van der Waals surface area contributed by atoms with Crippen LogP contribution >= 0.6 is 11.8 Å². The number of aromatic nitrogens is 1. The Morgan fingerprint density at radius 3 is 3.07 bits per heavy atom. The van der Waals surface area contributed by atoms with Crippen molar-refractivity contribution in [2.45, 2.75) is 36.7 Å². The van der Waals surface area contributed by atoms with Crippen LogP contribution in [-0.4, -0.2) is 23.3 Å². The molecule has 0 aliphatic heterocycles. The van der Waals surface area contributed by atoms with Crippen LogP contribution in [0.25, 0.3) is 0 Å². The van der Waals surface area contributed by atoms with Crippen LogP contribution < -0.4 is 0 Å². The highest BCUT2D eigenvalue weighted by Crippen LogP contribution is 2.25. The number of methoxy groups -OCH3 is 1. The van der Waals surface area contributed by atoms with E-state index >= 15 is 0 Å². The number of thioether (sulfide) groups is 1. The molecular formula is C10H15NO3S. The second kappa shape index (κ2) is 6.50. The average Bonchev–Trinajstić information content (AvgIpc) is 2.75. The monoisotopic (exact) mass is 229 g/mol. The van der Waals surface area contributed by atoms with Gasteiger partial charge in [-0.05, 0) is 6.42 Å². The van der Waals surface area contributed by atoms with Crippen LogP contribution in [0.3, 0.4) is 0 Å². The number of nitrogens with zero attached hydrogens (tertiary/aromatic N) is 1. The summed E-state index contributed by atoms with van der Waals surface area (Å²) in [6.45, 7) is 2.09. The van der Waals surface area contributed by atoms with E-state index in [0.29, 0.717) is 5.22 Å². The predicted octanol–water partition coefficient (Wildman–Crippen LogP) is 2.50. The van der Waals surface area contributed by atoms with E-state index in [9.17, 15) is 4.79 Å². The van der Waals surface area contributed by atoms with E-state index in [2.05, 4.69) is 11.9 Å². The third kappa shape index (κ3) is 3.95. The first-order valence-corrected chi connectivity index (χ1v) is 5.79. The minimum Gasteiger partial charge on any atom is -0.468 e. The lowest BCUT2D eigenvalue weighted by Gasteiger charge is -2.10. The molecule has 1 aromatic rings. The molecule has 0 saturated heterocycles. The van der Waals surface area contributed by atoms with Gasteiger partial charge in [0.1, 0.15) is 11.5 Å². The summed E-state index contributed by atoms with van der Waals surface area (Å²) in [7, 11) is 1.40. The molecule has 1 heterocycles. The Kier molecular flexibility index (Phi) is 5.25. The molecule has 0 aliphatic carbocycles. The predicted molar refractivity (Wildman–Crippen MR) is 57.7 cm³/mol. The summed E-state index contributed by atoms with van der Waals surface area (Å²) in [5.74, 6) is -0.216. The Balaban J connectivity index is 2.52. The van der Waals surface area contributed by atoms with Crippen molar-refractivity contribution in [3.8, 4) is 0 Å². The third-order valence-corrected chi connectivity index (χ3v) is 3.05. The molecule has 1 rings (SSSR count). The summed E-state index contributed by atoms with van der Waals surface area (Å²) in [6, 6.07) is 0. The van der Waals surface area contributed by atoms with Crippen molar-refractivity contribution in [2.75, 3.05) is 7.11 Å². The van der Waals surface area contributed by atoms with Crippen molar-refractivity contribution in [1.29, 1.82) is 0 Å². The van der Waals surface area contributed by atoms with Gasteiger partial charge < -0.3 is 9.15 Å². The van der Waals surface area contributed by atoms with Crippen LogP contribution in [0.1, 0.15) is 26.2 Å². The number of rotatable bonds is 6. The molecule has 1 unspecified atom stereocenters. The van der Waals surface area contributed by atoms with E-state index in [1.165, 1.54) is 25.1 Å². The van der Waals surface area contributed by atoms with Crippen LogP contribution in [0, 0.1) is 0 Å². The number of carbonyl (C=O) groups excluding carboxylic acids is 1. The molecule has 4 nitrogen and oxygen atoms in total. The Morgan fingerprint density at radius 1 is 1.73 bits per heavy atom. The maximum absolute atomic E-state index is 11.4. The van der Waals surface area contributed by atoms with Crippen molar-refractivity contribution in [2.24, 2.45) is 0 Å². The fraction of sp³-hybridized carbons (Fsp3) is 0.600. The fourth-order valence-electron chi connectivity index (χ4n) is 1.14. The Hall–Kier alpha value is -0.970. The molecule has 1 atom stereocenters. The summed E-state index contributed by atoms with van der Waals surface area (Å²) in [6.07, 6.45) is 5.90. The van der Waals surface area contributed by atoms with E-state index in [1.54, 1.807) is 6.20 Å². The van der Waals surface area contributed by atoms with Gasteiger partial charge in [0.15, 0.2) is 0 Å². The third-order valence-electron chi connectivity index (χ3n) is 1.94. The lowest BCUT2D eigenvalue weighted by Crippen LogP contribution is -2.18. The second-order valence-corrected chi connectivity index (χ2v) is 4.22. The van der Waals surface area contributed by atoms with Crippen molar-refractivity contribution in [1.82, 2.24) is 4.98 Å². The number of ether oxygens (including phenoxy) is 1. The lowest BCUT2D eigenvalue weighted by atomic mass is 10.2. The van der Waals surface area contributed by atoms with Gasteiger partial charge in [0.2, 0.25) is 0 Å². The van der Waals surface area contributed by atoms with Crippen LogP contribution in [0.15, 0.2) is 22.1 Å². The number of carbonyl (C=O) groups is 1. The zero-order valence-corrected chi connectivity index (χ0v) is 9.75. The van der Waals surface area contributed by atoms with Gasteiger partial charge in [0.05, 0.1) is 13.3 Å². The van der Waals surface area contributed by atoms with Gasteiger partial charge in [0, 0.05) is 0 Å². The SMILES string of the molecule is CCCCC(Sc1ncco1)C(=O)OC. The summed E-state index contributed by atoms with van der Waals surface area (Å²) in [5.41, 5.74) is 0. The van der Waals surface area contributed by atoms with Crippen molar-refractivity contribution in [3.05, 3.63) is 12.5 Å². The quantitative estimate of drug-likeness (QED) is 0.554. The van der Waals surface area contributed by atoms with Gasteiger partial charge >= 0.3 is 5.97 Å². The standard InChI is InChI=1S/C10H15NO3S/c1-3-4-5-8(9(12)13-2)15-10-11-6-7-14-10/h6-8H,3-5H2,1-2H3. The van der Waals surface area contributed by atoms with E-state index in [0.717, 1.165) is 19.3 Å². The summed E-state index contributed by atoms with van der Waals surface area (Å²) in [5, 5.41) is 0.301. The molecule has 0 bridgehead atoms. The summed E-state index contributed by atoms with van der Waals surface area (Å²) < 4.78 is 9.81. The molecule has 1 aromatic heterocycles. The number of esters is 1. The minimum atomic E-state index is -0.216. The Bertz CT molecular complexity index is 287. The molecule has 0 radical (unpaired) electrons. The zero-order chi connectivity index (χ0) is 11.1. The van der Waals surface area contributed by atoms with Gasteiger partial charge in [-0.15, -0.1) is 0 Å². The highest BCUT2D eigenvalue weighted by Gasteiger charge is 2.21. The molecule has 0 amide bonds. The van der Waals surface area contributed by atoms with Crippen LogP contribution in [0.4, 0.5) is 0 Å². The summed E-state index contributed by atoms with van der Waals surface area (Å²) >= 11 is 1.32. The van der Waals surface area contributed by atoms with Gasteiger partial charge in [-0.3, -0.25) is 4.79 Å². The maximum Gasteiger partial charge on any atom is 0.319 e. The number of unbranched alkanes of at least 4 members (excludes halogenated alkanes) is 1. The molecule has 0 aliphatic rings. The van der Waals surface area contributed by atoms with Crippen LogP contribution in [-0.2, 0) is 9.53 Å². The van der Waals surface area contributed by atoms with E-state index < -0.39 is 0 Å². The lowest BCUT2D eigenvalue weighted by molar-refractivity contribution is -0.140. The van der Waals surface area contributed by atoms with Gasteiger partial charge in [-0.2, -0.15) is 0 Å². The first kappa shape index (κ1) is 12.1. The summed E-state index contributed by atoms with van der Waals surface area (Å²) in [4.78, 5) is 15.4. The maximum atomic E-state index is 11.4. The molecular weight excluding hydrogens is 214 g/mol. The highest BCUT2D eigenvalue weighted by molar-refractivity contribution is 8.00. The number of oxazole rings is 1. The van der Waals surface area contributed by atoms with Crippen molar-refractivity contribution < 1.29 is 13.9 Å². The molecule has 0 saturated carbocycles. The van der Waals surface area contributed by atoms with E-state index in [-0.39, 0.29) is 11.2 Å². The fourth-order valence-corrected chi connectivity index (χ4v) is 2.09. The number of hydrogen-bond acceptors (Lipinski definition) is 5. The molecule has 84 valence electrons. The molecule has 0 aromatic carbocycles. The van der Waals surface area contributed by atoms with Gasteiger partial charge in [-0.1, -0.05) is 31.5 Å². The van der Waals surface area contributed by atoms with Crippen molar-refractivity contribution in [3.63, 3.8) is 0 Å². The molecule has 0 spiro atoms. The smallest absolute Gasteiger partial charge is 0.319 e. The molecule has 0 N–H and O–H groups in total. The van der Waals surface area contributed by atoms with Gasteiger partial charge in [0.25, 0.3) is 5.22 Å². The topological polar surface area (TPSA) is 52.3 Å². The zero-order valence-electron chi connectivity index (χ0n) is 8.93. The second-order valence-electron chi connectivity index (χ2n) is 3.07. The minimum absolute atomic E-state index is 0.214. The normalized spacial score (nSPS) is 12.4. The van der Waals surface area contributed by atoms with E-state index in [4.69, 9.17) is 9.15 Å². The van der Waals surface area contributed by atoms with Crippen LogP contribution in [0.2, 0.25) is 0 Å². The highest BCUT2D eigenvalue weighted by atomic mass is 32.2. The average molecular weight is 229 g/mol. The molecule has 15 heavy (non-hydrogen) atoms. The molecule has 5 heteroatoms. The van der Waals surface area contributed by atoms with Crippen LogP contribution in [0.5, 0.6) is 0 Å². The van der Waals surface area contributed by atoms with Crippen molar-refractivity contribution >= 4 is 17.7 Å². The van der Waals surface area contributed by atoms with Gasteiger partial charge in [-0.25, -0.2) is 4.98 Å². The Morgan fingerprint density at radius 2 is 2.53 bits per heavy atom. The first-order chi connectivity index (χ1) is 7.27. The van der Waals surface area contributed by atoms with E-state index in [1.807, 2.05) is 0 Å². The molecule has 0 fully saturated rings. The number of hydrogen-bond donors (Lipinski definition) is 0. The first-order valence-electron chi connectivity index (χ1n) is 4.92. The largest absolute Gasteiger partial charge is 0.468 e. The Labute approximate surface area is 93.4 Å².